The Morgan fingerprint density at radius 3 is 2.44 bits per heavy atom. The van der Waals surface area contributed by atoms with Crippen molar-refractivity contribution in [2.75, 3.05) is 39.8 Å². The van der Waals surface area contributed by atoms with E-state index in [-0.39, 0.29) is 11.9 Å². The standard InChI is InChI=1S/C22H31N3OS/c1-3-18-6-8-19(9-7-18)10-11-22(26)23-17-20(21-5-4-16-27-21)25-14-12-24(2)13-15-25/h4-9,16,20H,3,10-15,17H2,1-2H3,(H,23,26). The smallest absolute Gasteiger partial charge is 0.220 e. The number of amides is 1. The fraction of sp³-hybridized carbons (Fsp3) is 0.500. The Morgan fingerprint density at radius 2 is 1.81 bits per heavy atom. The third-order valence-electron chi connectivity index (χ3n) is 5.41. The molecule has 1 aliphatic heterocycles. The minimum atomic E-state index is 0.144. The van der Waals surface area contributed by atoms with E-state index in [2.05, 4.69) is 70.9 Å². The van der Waals surface area contributed by atoms with Crippen molar-refractivity contribution in [3.63, 3.8) is 0 Å². The maximum absolute atomic E-state index is 12.4. The predicted octanol–water partition coefficient (Wildman–Crippen LogP) is 3.35. The van der Waals surface area contributed by atoms with Crippen LogP contribution in [0.15, 0.2) is 41.8 Å². The Balaban J connectivity index is 1.51. The van der Waals surface area contributed by atoms with Crippen LogP contribution in [-0.2, 0) is 17.6 Å². The molecule has 1 fully saturated rings. The van der Waals surface area contributed by atoms with E-state index in [4.69, 9.17) is 0 Å². The molecular weight excluding hydrogens is 354 g/mol. The summed E-state index contributed by atoms with van der Waals surface area (Å²) in [6, 6.07) is 13.2. The van der Waals surface area contributed by atoms with Crippen molar-refractivity contribution < 1.29 is 4.79 Å². The lowest BCUT2D eigenvalue weighted by Gasteiger charge is -2.37. The van der Waals surface area contributed by atoms with Crippen LogP contribution in [0.25, 0.3) is 0 Å². The summed E-state index contributed by atoms with van der Waals surface area (Å²) in [5.74, 6) is 0.144. The van der Waals surface area contributed by atoms with Gasteiger partial charge in [0.25, 0.3) is 0 Å². The van der Waals surface area contributed by atoms with Crippen LogP contribution in [-0.4, -0.2) is 55.5 Å². The highest BCUT2D eigenvalue weighted by Crippen LogP contribution is 2.25. The van der Waals surface area contributed by atoms with Crippen molar-refractivity contribution in [3.05, 3.63) is 57.8 Å². The van der Waals surface area contributed by atoms with E-state index in [1.54, 1.807) is 11.3 Å². The van der Waals surface area contributed by atoms with Gasteiger partial charge in [-0.3, -0.25) is 9.69 Å². The van der Waals surface area contributed by atoms with Crippen LogP contribution in [0.3, 0.4) is 0 Å². The second kappa shape index (κ2) is 10.0. The van der Waals surface area contributed by atoms with E-state index in [1.807, 2.05) is 0 Å². The van der Waals surface area contributed by atoms with E-state index >= 15 is 0 Å². The van der Waals surface area contributed by atoms with E-state index in [1.165, 1.54) is 16.0 Å². The lowest BCUT2D eigenvalue weighted by atomic mass is 10.1. The van der Waals surface area contributed by atoms with Crippen molar-refractivity contribution in [2.24, 2.45) is 0 Å². The molecule has 1 atom stereocenters. The van der Waals surface area contributed by atoms with Gasteiger partial charge < -0.3 is 10.2 Å². The number of carbonyl (C=O) groups is 1. The number of thiophene rings is 1. The van der Waals surface area contributed by atoms with E-state index in [0.29, 0.717) is 13.0 Å². The first kappa shape index (κ1) is 20.1. The van der Waals surface area contributed by atoms with Crippen LogP contribution in [0.4, 0.5) is 0 Å². The van der Waals surface area contributed by atoms with Crippen LogP contribution in [0.5, 0.6) is 0 Å². The quantitative estimate of drug-likeness (QED) is 0.757. The van der Waals surface area contributed by atoms with Gasteiger partial charge in [0.05, 0.1) is 6.04 Å². The highest BCUT2D eigenvalue weighted by atomic mass is 32.1. The number of carbonyl (C=O) groups excluding carboxylic acids is 1. The number of piperazine rings is 1. The summed E-state index contributed by atoms with van der Waals surface area (Å²) < 4.78 is 0. The summed E-state index contributed by atoms with van der Waals surface area (Å²) in [5, 5.41) is 5.31. The topological polar surface area (TPSA) is 35.6 Å². The predicted molar refractivity (Wildman–Crippen MR) is 113 cm³/mol. The van der Waals surface area contributed by atoms with Crippen molar-refractivity contribution in [2.45, 2.75) is 32.2 Å². The average Bonchev–Trinajstić information content (AvgIpc) is 3.23. The van der Waals surface area contributed by atoms with Crippen molar-refractivity contribution in [1.82, 2.24) is 15.1 Å². The van der Waals surface area contributed by atoms with E-state index in [0.717, 1.165) is 39.0 Å². The second-order valence-corrected chi connectivity index (χ2v) is 8.32. The Kier molecular flexibility index (Phi) is 7.44. The van der Waals surface area contributed by atoms with Crippen LogP contribution < -0.4 is 5.32 Å². The fourth-order valence-corrected chi connectivity index (χ4v) is 4.38. The molecule has 1 N–H and O–H groups in total. The molecule has 3 rings (SSSR count). The van der Waals surface area contributed by atoms with Crippen molar-refractivity contribution in [1.29, 1.82) is 0 Å². The Labute approximate surface area is 167 Å². The van der Waals surface area contributed by atoms with Crippen molar-refractivity contribution in [3.8, 4) is 0 Å². The van der Waals surface area contributed by atoms with Crippen LogP contribution in [0, 0.1) is 0 Å². The zero-order valence-electron chi connectivity index (χ0n) is 16.5. The average molecular weight is 386 g/mol. The number of nitrogens with one attached hydrogen (secondary N) is 1. The molecule has 0 saturated carbocycles. The first-order valence-corrected chi connectivity index (χ1v) is 10.8. The summed E-state index contributed by atoms with van der Waals surface area (Å²) in [6.07, 6.45) is 2.40. The van der Waals surface area contributed by atoms with Gasteiger partial charge in [-0.2, -0.15) is 0 Å². The number of rotatable bonds is 8. The highest BCUT2D eigenvalue weighted by molar-refractivity contribution is 7.10. The molecule has 1 aromatic heterocycles. The SMILES string of the molecule is CCc1ccc(CCC(=O)NCC(c2cccs2)N2CCN(C)CC2)cc1. The van der Waals surface area contributed by atoms with Crippen LogP contribution >= 0.6 is 11.3 Å². The molecule has 1 aliphatic rings. The molecule has 0 bridgehead atoms. The normalized spacial score (nSPS) is 17.0. The first-order valence-electron chi connectivity index (χ1n) is 9.96. The molecule has 2 aromatic rings. The van der Waals surface area contributed by atoms with Gasteiger partial charge in [-0.05, 0) is 42.5 Å². The summed E-state index contributed by atoms with van der Waals surface area (Å²) >= 11 is 1.78. The van der Waals surface area contributed by atoms with Gasteiger partial charge in [-0.1, -0.05) is 37.3 Å². The maximum Gasteiger partial charge on any atom is 0.220 e. The summed E-state index contributed by atoms with van der Waals surface area (Å²) in [5.41, 5.74) is 2.57. The van der Waals surface area contributed by atoms with Crippen LogP contribution in [0.1, 0.15) is 35.4 Å². The van der Waals surface area contributed by atoms with Gasteiger partial charge in [-0.15, -0.1) is 11.3 Å². The van der Waals surface area contributed by atoms with E-state index < -0.39 is 0 Å². The minimum absolute atomic E-state index is 0.144. The molecule has 0 radical (unpaired) electrons. The second-order valence-electron chi connectivity index (χ2n) is 7.34. The van der Waals surface area contributed by atoms with Gasteiger partial charge in [0.1, 0.15) is 0 Å². The molecule has 2 heterocycles. The third kappa shape index (κ3) is 5.89. The molecule has 5 heteroatoms. The molecule has 1 amide bonds. The number of hydrogen-bond donors (Lipinski definition) is 1. The largest absolute Gasteiger partial charge is 0.354 e. The van der Waals surface area contributed by atoms with Gasteiger partial charge in [-0.25, -0.2) is 0 Å². The van der Waals surface area contributed by atoms with E-state index in [9.17, 15) is 4.79 Å². The molecule has 4 nitrogen and oxygen atoms in total. The molecule has 1 saturated heterocycles. The molecule has 27 heavy (non-hydrogen) atoms. The third-order valence-corrected chi connectivity index (χ3v) is 6.39. The molecule has 0 aliphatic carbocycles. The number of hydrogen-bond acceptors (Lipinski definition) is 4. The number of nitrogens with zero attached hydrogens (tertiary/aromatic N) is 2. The Bertz CT molecular complexity index is 691. The van der Waals surface area contributed by atoms with Gasteiger partial charge in [0, 0.05) is 44.0 Å². The lowest BCUT2D eigenvalue weighted by Crippen LogP contribution is -2.48. The molecular formula is C22H31N3OS. The van der Waals surface area contributed by atoms with Gasteiger partial charge in [0.2, 0.25) is 5.91 Å². The summed E-state index contributed by atoms with van der Waals surface area (Å²) in [7, 11) is 2.17. The molecule has 146 valence electrons. The van der Waals surface area contributed by atoms with Gasteiger partial charge >= 0.3 is 0 Å². The minimum Gasteiger partial charge on any atom is -0.354 e. The Morgan fingerprint density at radius 1 is 1.11 bits per heavy atom. The zero-order valence-corrected chi connectivity index (χ0v) is 17.3. The molecule has 1 unspecified atom stereocenters. The Hall–Kier alpha value is -1.69. The van der Waals surface area contributed by atoms with Crippen LogP contribution in [0.2, 0.25) is 0 Å². The molecule has 0 spiro atoms. The molecule has 1 aromatic carbocycles. The first-order chi connectivity index (χ1) is 13.2. The highest BCUT2D eigenvalue weighted by Gasteiger charge is 2.25. The summed E-state index contributed by atoms with van der Waals surface area (Å²) in [4.78, 5) is 18.6. The fourth-order valence-electron chi connectivity index (χ4n) is 3.52. The maximum atomic E-state index is 12.4. The monoisotopic (exact) mass is 385 g/mol. The van der Waals surface area contributed by atoms with Gasteiger partial charge in [0.15, 0.2) is 0 Å². The number of likely N-dealkylation sites (N-methyl/N-ethyl adjacent to an activating group) is 1. The van der Waals surface area contributed by atoms with Crippen molar-refractivity contribution >= 4 is 17.2 Å². The summed E-state index contributed by atoms with van der Waals surface area (Å²) in [6.45, 7) is 7.13. The number of aryl methyl sites for hydroxylation is 2. The number of benzene rings is 1. The zero-order chi connectivity index (χ0) is 19.1. The lowest BCUT2D eigenvalue weighted by molar-refractivity contribution is -0.121.